The number of piperidine rings is 1. The van der Waals surface area contributed by atoms with E-state index in [1.165, 1.54) is 6.07 Å². The average Bonchev–Trinajstić information content (AvgIpc) is 2.63. The highest BCUT2D eigenvalue weighted by molar-refractivity contribution is 5.61. The van der Waals surface area contributed by atoms with E-state index < -0.39 is 11.6 Å². The molecule has 3 rings (SSSR count). The van der Waals surface area contributed by atoms with Gasteiger partial charge in [0.25, 0.3) is 0 Å². The fraction of sp³-hybridized carbons (Fsp3) is 0.538. The van der Waals surface area contributed by atoms with Crippen molar-refractivity contribution in [2.24, 2.45) is 0 Å². The molecule has 0 saturated carbocycles. The van der Waals surface area contributed by atoms with Crippen LogP contribution < -0.4 is 5.32 Å². The summed E-state index contributed by atoms with van der Waals surface area (Å²) in [5.41, 5.74) is 1.28. The summed E-state index contributed by atoms with van der Waals surface area (Å²) in [5, 5.41) is 3.11. The van der Waals surface area contributed by atoms with Gasteiger partial charge in [-0.25, -0.2) is 8.78 Å². The van der Waals surface area contributed by atoms with Crippen LogP contribution in [0.5, 0.6) is 0 Å². The standard InChI is InChI=1S/C13H16F2N2/c1-17-4-2-13(3-5-17)8-16-12-10(13)6-9(14)7-11(12)15/h6-7,16H,2-5,8H2,1H3. The van der Waals surface area contributed by atoms with Gasteiger partial charge in [0, 0.05) is 18.0 Å². The maximum atomic E-state index is 13.7. The molecule has 0 aromatic heterocycles. The monoisotopic (exact) mass is 238 g/mol. The van der Waals surface area contributed by atoms with E-state index in [1.807, 2.05) is 0 Å². The molecule has 1 aromatic rings. The predicted octanol–water partition coefficient (Wildman–Crippen LogP) is 2.35. The van der Waals surface area contributed by atoms with Crippen molar-refractivity contribution < 1.29 is 8.78 Å². The Morgan fingerprint density at radius 1 is 1.24 bits per heavy atom. The number of nitrogens with one attached hydrogen (secondary N) is 1. The zero-order valence-corrected chi connectivity index (χ0v) is 9.89. The van der Waals surface area contributed by atoms with E-state index in [2.05, 4.69) is 17.3 Å². The van der Waals surface area contributed by atoms with Crippen LogP contribution in [0.4, 0.5) is 14.5 Å². The van der Waals surface area contributed by atoms with Gasteiger partial charge in [0.1, 0.15) is 11.6 Å². The van der Waals surface area contributed by atoms with Gasteiger partial charge >= 0.3 is 0 Å². The van der Waals surface area contributed by atoms with Crippen LogP contribution in [0.3, 0.4) is 0 Å². The molecule has 2 heterocycles. The molecule has 0 amide bonds. The fourth-order valence-corrected chi connectivity index (χ4v) is 3.02. The summed E-state index contributed by atoms with van der Waals surface area (Å²) in [6.45, 7) is 2.70. The van der Waals surface area contributed by atoms with Crippen LogP contribution in [-0.4, -0.2) is 31.6 Å². The number of halogens is 2. The molecule has 92 valence electrons. The second-order valence-corrected chi connectivity index (χ2v) is 5.25. The lowest BCUT2D eigenvalue weighted by Gasteiger charge is -2.37. The zero-order chi connectivity index (χ0) is 12.0. The molecule has 17 heavy (non-hydrogen) atoms. The fourth-order valence-electron chi connectivity index (χ4n) is 3.02. The van der Waals surface area contributed by atoms with Crippen molar-refractivity contribution in [1.29, 1.82) is 0 Å². The molecule has 1 saturated heterocycles. The first kappa shape index (κ1) is 11.0. The normalized spacial score (nSPS) is 22.5. The summed E-state index contributed by atoms with van der Waals surface area (Å²) < 4.78 is 27.0. The number of anilines is 1. The first-order chi connectivity index (χ1) is 8.11. The largest absolute Gasteiger partial charge is 0.382 e. The van der Waals surface area contributed by atoms with Gasteiger partial charge in [0.2, 0.25) is 0 Å². The minimum atomic E-state index is -0.469. The van der Waals surface area contributed by atoms with Gasteiger partial charge in [-0.2, -0.15) is 0 Å². The van der Waals surface area contributed by atoms with Crippen LogP contribution in [-0.2, 0) is 5.41 Å². The highest BCUT2D eigenvalue weighted by Gasteiger charge is 2.42. The SMILES string of the molecule is CN1CCC2(CC1)CNc1c(F)cc(F)cc12. The number of hydrogen-bond donors (Lipinski definition) is 1. The highest BCUT2D eigenvalue weighted by Crippen LogP contribution is 2.45. The van der Waals surface area contributed by atoms with Crippen molar-refractivity contribution in [2.75, 3.05) is 32.0 Å². The molecule has 0 bridgehead atoms. The lowest BCUT2D eigenvalue weighted by atomic mass is 9.74. The molecule has 0 radical (unpaired) electrons. The van der Waals surface area contributed by atoms with E-state index in [9.17, 15) is 8.78 Å². The lowest BCUT2D eigenvalue weighted by molar-refractivity contribution is 0.200. The molecule has 0 aliphatic carbocycles. The van der Waals surface area contributed by atoms with Gasteiger partial charge in [-0.1, -0.05) is 0 Å². The molecule has 0 atom stereocenters. The number of benzene rings is 1. The number of likely N-dealkylation sites (tertiary alicyclic amines) is 1. The first-order valence-electron chi connectivity index (χ1n) is 6.03. The Morgan fingerprint density at radius 2 is 1.94 bits per heavy atom. The lowest BCUT2D eigenvalue weighted by Crippen LogP contribution is -2.42. The van der Waals surface area contributed by atoms with Gasteiger partial charge < -0.3 is 10.2 Å². The second kappa shape index (κ2) is 3.67. The topological polar surface area (TPSA) is 15.3 Å². The molecule has 4 heteroatoms. The number of rotatable bonds is 0. The maximum Gasteiger partial charge on any atom is 0.149 e. The molecule has 1 N–H and O–H groups in total. The Labute approximate surface area is 99.6 Å². The molecule has 2 aliphatic heterocycles. The molecule has 2 aliphatic rings. The quantitative estimate of drug-likeness (QED) is 0.746. The highest BCUT2D eigenvalue weighted by atomic mass is 19.1. The Morgan fingerprint density at radius 3 is 2.65 bits per heavy atom. The summed E-state index contributed by atoms with van der Waals surface area (Å²) in [6.07, 6.45) is 1.93. The van der Waals surface area contributed by atoms with E-state index in [0.717, 1.165) is 44.1 Å². The van der Waals surface area contributed by atoms with E-state index in [-0.39, 0.29) is 5.41 Å². The molecule has 0 unspecified atom stereocenters. The summed E-state index contributed by atoms with van der Waals surface area (Å²) in [5.74, 6) is -0.931. The van der Waals surface area contributed by atoms with Gasteiger partial charge in [0.15, 0.2) is 0 Å². The van der Waals surface area contributed by atoms with Crippen LogP contribution in [0, 0.1) is 11.6 Å². The Bertz CT molecular complexity index is 451. The van der Waals surface area contributed by atoms with Crippen molar-refractivity contribution in [3.8, 4) is 0 Å². The van der Waals surface area contributed by atoms with Crippen molar-refractivity contribution in [2.45, 2.75) is 18.3 Å². The molecular formula is C13H16F2N2. The predicted molar refractivity (Wildman–Crippen MR) is 63.3 cm³/mol. The summed E-state index contributed by atoms with van der Waals surface area (Å²) in [7, 11) is 2.09. The van der Waals surface area contributed by atoms with E-state index in [0.29, 0.717) is 5.69 Å². The summed E-state index contributed by atoms with van der Waals surface area (Å²) >= 11 is 0. The van der Waals surface area contributed by atoms with Crippen LogP contribution in [0.15, 0.2) is 12.1 Å². The van der Waals surface area contributed by atoms with E-state index in [1.54, 1.807) is 0 Å². The third-order valence-corrected chi connectivity index (χ3v) is 4.17. The third-order valence-electron chi connectivity index (χ3n) is 4.17. The Balaban J connectivity index is 2.03. The third kappa shape index (κ3) is 1.62. The second-order valence-electron chi connectivity index (χ2n) is 5.25. The Hall–Kier alpha value is -1.16. The van der Waals surface area contributed by atoms with Crippen LogP contribution in [0.25, 0.3) is 0 Å². The summed E-state index contributed by atoms with van der Waals surface area (Å²) in [4.78, 5) is 2.26. The van der Waals surface area contributed by atoms with Gasteiger partial charge in [0.05, 0.1) is 5.69 Å². The van der Waals surface area contributed by atoms with E-state index in [4.69, 9.17) is 0 Å². The number of hydrogen-bond acceptors (Lipinski definition) is 2. The summed E-state index contributed by atoms with van der Waals surface area (Å²) in [6, 6.07) is 2.46. The van der Waals surface area contributed by atoms with Crippen molar-refractivity contribution in [3.05, 3.63) is 29.3 Å². The molecule has 2 nitrogen and oxygen atoms in total. The molecular weight excluding hydrogens is 222 g/mol. The van der Waals surface area contributed by atoms with Gasteiger partial charge in [-0.3, -0.25) is 0 Å². The minimum Gasteiger partial charge on any atom is -0.382 e. The van der Waals surface area contributed by atoms with Gasteiger partial charge in [-0.15, -0.1) is 0 Å². The Kier molecular flexibility index (Phi) is 2.36. The van der Waals surface area contributed by atoms with Crippen LogP contribution in [0.1, 0.15) is 18.4 Å². The number of fused-ring (bicyclic) bond motifs is 2. The van der Waals surface area contributed by atoms with Gasteiger partial charge in [-0.05, 0) is 44.6 Å². The molecule has 1 aromatic carbocycles. The van der Waals surface area contributed by atoms with Crippen molar-refractivity contribution in [1.82, 2.24) is 4.90 Å². The van der Waals surface area contributed by atoms with Crippen molar-refractivity contribution >= 4 is 5.69 Å². The maximum absolute atomic E-state index is 13.7. The molecule has 1 spiro atoms. The van der Waals surface area contributed by atoms with Crippen LogP contribution >= 0.6 is 0 Å². The first-order valence-corrected chi connectivity index (χ1v) is 6.03. The smallest absolute Gasteiger partial charge is 0.149 e. The van der Waals surface area contributed by atoms with E-state index >= 15 is 0 Å². The minimum absolute atomic E-state index is 0.0647. The van der Waals surface area contributed by atoms with Crippen LogP contribution in [0.2, 0.25) is 0 Å². The molecule has 1 fully saturated rings. The van der Waals surface area contributed by atoms with Crippen molar-refractivity contribution in [3.63, 3.8) is 0 Å². The zero-order valence-electron chi connectivity index (χ0n) is 9.89. The number of nitrogens with zero attached hydrogens (tertiary/aromatic N) is 1. The average molecular weight is 238 g/mol.